The molecule has 0 aromatic heterocycles. The topological polar surface area (TPSA) is 59.6 Å². The predicted molar refractivity (Wildman–Crippen MR) is 92.6 cm³/mol. The molecule has 1 aliphatic carbocycles. The quantitative estimate of drug-likeness (QED) is 0.674. The first-order valence-corrected chi connectivity index (χ1v) is 8.19. The van der Waals surface area contributed by atoms with E-state index in [2.05, 4.69) is 52.8 Å². The molecule has 0 bridgehead atoms. The summed E-state index contributed by atoms with van der Waals surface area (Å²) in [7, 11) is 0. The summed E-state index contributed by atoms with van der Waals surface area (Å²) in [6.07, 6.45) is 3.41. The third kappa shape index (κ3) is 3.31. The maximum Gasteiger partial charge on any atom is 0.189 e. The van der Waals surface area contributed by atoms with Crippen molar-refractivity contribution in [1.82, 2.24) is 5.32 Å². The highest BCUT2D eigenvalue weighted by Crippen LogP contribution is 2.30. The summed E-state index contributed by atoms with van der Waals surface area (Å²) in [6.45, 7) is 1.41. The lowest BCUT2D eigenvalue weighted by atomic mass is 10.0. The summed E-state index contributed by atoms with van der Waals surface area (Å²) in [5.74, 6) is 1.58. The van der Waals surface area contributed by atoms with Crippen LogP contribution in [0.5, 0.6) is 5.75 Å². The van der Waals surface area contributed by atoms with Gasteiger partial charge in [0.05, 0.1) is 13.2 Å². The Morgan fingerprint density at radius 3 is 2.70 bits per heavy atom. The van der Waals surface area contributed by atoms with Crippen molar-refractivity contribution in [2.24, 2.45) is 10.7 Å². The summed E-state index contributed by atoms with van der Waals surface area (Å²) in [6, 6.07) is 15.5. The van der Waals surface area contributed by atoms with Crippen molar-refractivity contribution in [2.45, 2.75) is 31.8 Å². The SMILES string of the molecule is NC(=NCc1ccc(-c2ccc3c(c2)CCO3)cc1)NC1CC1. The fraction of sp³-hybridized carbons (Fsp3) is 0.316. The van der Waals surface area contributed by atoms with Crippen LogP contribution < -0.4 is 15.8 Å². The van der Waals surface area contributed by atoms with E-state index in [0.29, 0.717) is 18.5 Å². The summed E-state index contributed by atoms with van der Waals surface area (Å²) >= 11 is 0. The molecule has 1 fully saturated rings. The van der Waals surface area contributed by atoms with Crippen molar-refractivity contribution in [3.63, 3.8) is 0 Å². The van der Waals surface area contributed by atoms with Crippen LogP contribution in [0.4, 0.5) is 0 Å². The average Bonchev–Trinajstić information content (AvgIpc) is 3.26. The molecule has 0 amide bonds. The number of nitrogens with two attached hydrogens (primary N) is 1. The Hall–Kier alpha value is -2.49. The molecule has 4 nitrogen and oxygen atoms in total. The van der Waals surface area contributed by atoms with E-state index < -0.39 is 0 Å². The first-order chi connectivity index (χ1) is 11.3. The van der Waals surface area contributed by atoms with Gasteiger partial charge in [-0.15, -0.1) is 0 Å². The highest BCUT2D eigenvalue weighted by molar-refractivity contribution is 5.78. The molecule has 118 valence electrons. The van der Waals surface area contributed by atoms with E-state index in [1.165, 1.54) is 35.1 Å². The average molecular weight is 307 g/mol. The monoisotopic (exact) mass is 307 g/mol. The van der Waals surface area contributed by atoms with Crippen LogP contribution in [0.1, 0.15) is 24.0 Å². The minimum absolute atomic E-state index is 0.546. The molecule has 0 atom stereocenters. The number of fused-ring (bicyclic) bond motifs is 1. The van der Waals surface area contributed by atoms with Gasteiger partial charge in [0, 0.05) is 12.5 Å². The smallest absolute Gasteiger partial charge is 0.189 e. The number of hydrogen-bond acceptors (Lipinski definition) is 2. The highest BCUT2D eigenvalue weighted by Gasteiger charge is 2.21. The number of guanidine groups is 1. The molecule has 0 spiro atoms. The van der Waals surface area contributed by atoms with E-state index in [0.717, 1.165) is 18.8 Å². The van der Waals surface area contributed by atoms with Crippen LogP contribution in [-0.2, 0) is 13.0 Å². The maximum atomic E-state index is 5.86. The van der Waals surface area contributed by atoms with Gasteiger partial charge in [-0.3, -0.25) is 0 Å². The normalized spacial score (nSPS) is 16.8. The lowest BCUT2D eigenvalue weighted by Gasteiger charge is -2.06. The zero-order valence-electron chi connectivity index (χ0n) is 13.1. The Morgan fingerprint density at radius 2 is 1.91 bits per heavy atom. The largest absolute Gasteiger partial charge is 0.493 e. The van der Waals surface area contributed by atoms with Crippen LogP contribution in [0, 0.1) is 0 Å². The Labute approximate surface area is 136 Å². The molecule has 23 heavy (non-hydrogen) atoms. The third-order valence-corrected chi connectivity index (χ3v) is 4.34. The van der Waals surface area contributed by atoms with E-state index in [9.17, 15) is 0 Å². The molecule has 2 aliphatic rings. The number of hydrogen-bond donors (Lipinski definition) is 2. The number of rotatable bonds is 4. The maximum absolute atomic E-state index is 5.86. The Bertz CT molecular complexity index is 733. The first-order valence-electron chi connectivity index (χ1n) is 8.19. The minimum Gasteiger partial charge on any atom is -0.493 e. The summed E-state index contributed by atoms with van der Waals surface area (Å²) in [5.41, 5.74) is 10.8. The molecule has 1 heterocycles. The molecule has 0 unspecified atom stereocenters. The zero-order valence-corrected chi connectivity index (χ0v) is 13.1. The van der Waals surface area contributed by atoms with Gasteiger partial charge < -0.3 is 15.8 Å². The van der Waals surface area contributed by atoms with Crippen molar-refractivity contribution in [3.05, 3.63) is 53.6 Å². The van der Waals surface area contributed by atoms with E-state index in [1.807, 2.05) is 0 Å². The van der Waals surface area contributed by atoms with Crippen molar-refractivity contribution >= 4 is 5.96 Å². The van der Waals surface area contributed by atoms with Gasteiger partial charge in [0.1, 0.15) is 5.75 Å². The van der Waals surface area contributed by atoms with Crippen molar-refractivity contribution in [2.75, 3.05) is 6.61 Å². The molecule has 4 rings (SSSR count). The minimum atomic E-state index is 0.546. The standard InChI is InChI=1S/C19H21N3O/c20-19(22-17-6-7-17)21-12-13-1-3-14(4-2-13)15-5-8-18-16(11-15)9-10-23-18/h1-5,8,11,17H,6-7,9-10,12H2,(H3,20,21,22). The second kappa shape index (κ2) is 5.95. The van der Waals surface area contributed by atoms with Crippen LogP contribution in [0.25, 0.3) is 11.1 Å². The molecular formula is C19H21N3O. The van der Waals surface area contributed by atoms with Crippen LogP contribution in [0.15, 0.2) is 47.5 Å². The van der Waals surface area contributed by atoms with E-state index in [4.69, 9.17) is 10.5 Å². The Kier molecular flexibility index (Phi) is 3.66. The van der Waals surface area contributed by atoms with Gasteiger partial charge >= 0.3 is 0 Å². The Morgan fingerprint density at radius 1 is 1.13 bits per heavy atom. The molecule has 2 aromatic rings. The second-order valence-electron chi connectivity index (χ2n) is 6.24. The lowest BCUT2D eigenvalue weighted by Crippen LogP contribution is -2.33. The zero-order chi connectivity index (χ0) is 15.6. The molecule has 1 aliphatic heterocycles. The van der Waals surface area contributed by atoms with Gasteiger partial charge in [0.15, 0.2) is 5.96 Å². The van der Waals surface area contributed by atoms with Crippen LogP contribution in [0.3, 0.4) is 0 Å². The van der Waals surface area contributed by atoms with Gasteiger partial charge in [-0.2, -0.15) is 0 Å². The first kappa shape index (κ1) is 14.1. The second-order valence-corrected chi connectivity index (χ2v) is 6.24. The van der Waals surface area contributed by atoms with E-state index in [1.54, 1.807) is 0 Å². The van der Waals surface area contributed by atoms with Crippen LogP contribution in [-0.4, -0.2) is 18.6 Å². The molecule has 0 saturated heterocycles. The number of benzene rings is 2. The molecular weight excluding hydrogens is 286 g/mol. The van der Waals surface area contributed by atoms with Gasteiger partial charge in [-0.05, 0) is 47.2 Å². The van der Waals surface area contributed by atoms with Gasteiger partial charge in [0.25, 0.3) is 0 Å². The highest BCUT2D eigenvalue weighted by atomic mass is 16.5. The van der Waals surface area contributed by atoms with Gasteiger partial charge in [-0.1, -0.05) is 30.3 Å². The molecule has 2 aromatic carbocycles. The fourth-order valence-corrected chi connectivity index (χ4v) is 2.83. The lowest BCUT2D eigenvalue weighted by molar-refractivity contribution is 0.357. The van der Waals surface area contributed by atoms with Gasteiger partial charge in [0.2, 0.25) is 0 Å². The fourth-order valence-electron chi connectivity index (χ4n) is 2.83. The number of aliphatic imine (C=N–C) groups is 1. The van der Waals surface area contributed by atoms with Crippen LogP contribution >= 0.6 is 0 Å². The molecule has 1 saturated carbocycles. The number of ether oxygens (including phenoxy) is 1. The third-order valence-electron chi connectivity index (χ3n) is 4.34. The van der Waals surface area contributed by atoms with E-state index in [-0.39, 0.29) is 0 Å². The molecule has 0 radical (unpaired) electrons. The van der Waals surface area contributed by atoms with Crippen molar-refractivity contribution < 1.29 is 4.74 Å². The van der Waals surface area contributed by atoms with Gasteiger partial charge in [-0.25, -0.2) is 4.99 Å². The summed E-state index contributed by atoms with van der Waals surface area (Å²) < 4.78 is 5.56. The summed E-state index contributed by atoms with van der Waals surface area (Å²) in [4.78, 5) is 4.39. The molecule has 3 N–H and O–H groups in total. The van der Waals surface area contributed by atoms with Crippen LogP contribution in [0.2, 0.25) is 0 Å². The van der Waals surface area contributed by atoms with E-state index >= 15 is 0 Å². The predicted octanol–water partition coefficient (Wildman–Crippen LogP) is 2.86. The number of nitrogens with zero attached hydrogens (tertiary/aromatic N) is 1. The van der Waals surface area contributed by atoms with Crippen molar-refractivity contribution in [3.8, 4) is 16.9 Å². The Balaban J connectivity index is 1.45. The summed E-state index contributed by atoms with van der Waals surface area (Å²) in [5, 5.41) is 3.20. The molecule has 4 heteroatoms. The number of nitrogens with one attached hydrogen (secondary N) is 1. The van der Waals surface area contributed by atoms with Crippen molar-refractivity contribution in [1.29, 1.82) is 0 Å².